The summed E-state index contributed by atoms with van der Waals surface area (Å²) in [5.41, 5.74) is 0. The van der Waals surface area contributed by atoms with Crippen molar-refractivity contribution >= 4 is 34.7 Å². The van der Waals surface area contributed by atoms with Gasteiger partial charge in [0.1, 0.15) is 0 Å². The molecule has 24 valence electrons. The average Bonchev–Trinajstić information content (AvgIpc) is 0. The van der Waals surface area contributed by atoms with E-state index in [1.807, 2.05) is 0 Å². The van der Waals surface area contributed by atoms with E-state index in [0.29, 0.717) is 0 Å². The monoisotopic (exact) mass is 244 g/mol. The Kier molecular flexibility index (Phi) is 264. The fourth-order valence-corrected chi connectivity index (χ4v) is 0. The minimum absolute atomic E-state index is 0. The van der Waals surface area contributed by atoms with Gasteiger partial charge in [0, 0.05) is 56.0 Å². The molecule has 0 aliphatic carbocycles. The molecule has 0 unspecified atom stereocenters. The summed E-state index contributed by atoms with van der Waals surface area (Å²) >= 11 is 0. The van der Waals surface area contributed by atoms with Gasteiger partial charge < -0.3 is 0 Å². The molecule has 0 fully saturated rings. The maximum atomic E-state index is 0. The number of hydrogen-bond acceptors (Lipinski definition) is 0. The molecule has 0 aromatic carbocycles. The van der Waals surface area contributed by atoms with E-state index in [0.717, 1.165) is 0 Å². The summed E-state index contributed by atoms with van der Waals surface area (Å²) in [7, 11) is 0. The summed E-state index contributed by atoms with van der Waals surface area (Å²) in [5, 5.41) is 0. The molecule has 0 saturated carbocycles. The molecule has 0 rings (SSSR count). The van der Waals surface area contributed by atoms with Crippen LogP contribution in [0.2, 0.25) is 0 Å². The molecule has 0 radical (unpaired) electrons. The van der Waals surface area contributed by atoms with E-state index in [2.05, 4.69) is 0 Å². The Labute approximate surface area is 89.5 Å². The summed E-state index contributed by atoms with van der Waals surface area (Å²) in [5.74, 6) is 0. The third-order valence-corrected chi connectivity index (χ3v) is 0. The predicted molar refractivity (Wildman–Crippen MR) is 19.9 cm³/mol. The van der Waals surface area contributed by atoms with Gasteiger partial charge in [-0.3, -0.25) is 0 Å². The molecule has 0 atom stereocenters. The van der Waals surface area contributed by atoms with Gasteiger partial charge in [-0.05, 0) is 0 Å². The van der Waals surface area contributed by atoms with Gasteiger partial charge in [0.25, 0.3) is 0 Å². The van der Waals surface area contributed by atoms with Gasteiger partial charge in [0.05, 0.1) is 0 Å². The van der Waals surface area contributed by atoms with E-state index < -0.39 is 0 Å². The molecule has 5 heteroatoms. The van der Waals surface area contributed by atoms with Crippen molar-refractivity contribution in [3.8, 4) is 0 Å². The Bertz CT molecular complexity index is 7.61. The normalized spacial score (nSPS) is 0. The minimum atomic E-state index is 0. The molecule has 5 heavy (non-hydrogen) atoms. The van der Waals surface area contributed by atoms with Crippen LogP contribution in [0.4, 0.5) is 0 Å². The second-order valence-corrected chi connectivity index (χ2v) is 0. The van der Waals surface area contributed by atoms with Crippen LogP contribution in [0.3, 0.4) is 0 Å². The molecule has 0 saturated heterocycles. The molecule has 0 aliphatic heterocycles. The van der Waals surface area contributed by atoms with E-state index in [1.165, 1.54) is 0 Å². The van der Waals surface area contributed by atoms with Gasteiger partial charge in [0.2, 0.25) is 0 Å². The van der Waals surface area contributed by atoms with Crippen molar-refractivity contribution in [2.24, 2.45) is 0 Å². The smallest absolute Gasteiger partial charge is 0 e. The van der Waals surface area contributed by atoms with E-state index >= 15 is 0 Å². The van der Waals surface area contributed by atoms with Crippen molar-refractivity contribution in [1.82, 2.24) is 0 Å². The van der Waals surface area contributed by atoms with Gasteiger partial charge in [-0.15, -0.1) is 0 Å². The molecule has 0 N–H and O–H groups in total. The maximum absolute atomic E-state index is 0. The first kappa shape index (κ1) is 45.6. The Morgan fingerprint density at radius 3 is 0.600 bits per heavy atom. The van der Waals surface area contributed by atoms with Gasteiger partial charge in [-0.1, -0.05) is 0 Å². The Morgan fingerprint density at radius 2 is 0.600 bits per heavy atom. The molecule has 0 aromatic heterocycles. The van der Waals surface area contributed by atoms with Crippen LogP contribution in [-0.2, 0) is 56.0 Å². The molecule has 0 spiro atoms. The van der Waals surface area contributed by atoms with E-state index in [4.69, 9.17) is 0 Å². The molecule has 0 bridgehead atoms. The molecule has 0 nitrogen and oxygen atoms in total. The molecule has 0 aliphatic rings. The van der Waals surface area contributed by atoms with E-state index in [9.17, 15) is 0 Å². The van der Waals surface area contributed by atoms with Crippen LogP contribution in [-0.4, -0.2) is 34.7 Å². The Balaban J connectivity index is 0. The fraction of sp³-hybridized carbons (Fsp3) is 0. The van der Waals surface area contributed by atoms with Crippen molar-refractivity contribution in [2.45, 2.75) is 0 Å². The second kappa shape index (κ2) is 29.0. The van der Waals surface area contributed by atoms with Gasteiger partial charge in [-0.2, -0.15) is 0 Å². The predicted octanol–water partition coefficient (Wildman–Crippen LogP) is -2.38. The third kappa shape index (κ3) is 19.9. The first-order valence-electron chi connectivity index (χ1n) is 0. The maximum Gasteiger partial charge on any atom is 0.187 e. The average molecular weight is 247 g/mol. The van der Waals surface area contributed by atoms with Crippen LogP contribution in [0.5, 0.6) is 0 Å². The second-order valence-electron chi connectivity index (χ2n) is 0. The summed E-state index contributed by atoms with van der Waals surface area (Å²) in [6.07, 6.45) is 0. The molecule has 0 aromatic rings. The van der Waals surface area contributed by atoms with Crippen molar-refractivity contribution in [1.29, 1.82) is 0 Å². The van der Waals surface area contributed by atoms with Crippen LogP contribution < -0.4 is 0 Å². The third-order valence-electron chi connectivity index (χ3n) is 0. The van der Waals surface area contributed by atoms with Crippen molar-refractivity contribution in [2.75, 3.05) is 0 Å². The Hall–Kier alpha value is 2.83. The molecular formula is H6Al2FeZn2. The van der Waals surface area contributed by atoms with E-state index in [1.54, 1.807) is 0 Å². The first-order chi connectivity index (χ1) is 0. The Morgan fingerprint density at radius 1 is 0.600 bits per heavy atom. The standard InChI is InChI=1S/2Al.Fe.2Zn.6H. The fourth-order valence-electron chi connectivity index (χ4n) is 0. The summed E-state index contributed by atoms with van der Waals surface area (Å²) in [6.45, 7) is 0. The van der Waals surface area contributed by atoms with Crippen LogP contribution in [0.25, 0.3) is 0 Å². The van der Waals surface area contributed by atoms with Gasteiger partial charge in [0.15, 0.2) is 34.7 Å². The summed E-state index contributed by atoms with van der Waals surface area (Å²) in [4.78, 5) is 0. The largest absolute Gasteiger partial charge is 0.187 e. The zero-order chi connectivity index (χ0) is 0. The van der Waals surface area contributed by atoms with Crippen LogP contribution in [0.15, 0.2) is 0 Å². The van der Waals surface area contributed by atoms with Crippen LogP contribution in [0.1, 0.15) is 0 Å². The zero-order valence-corrected chi connectivity index (χ0v) is 8.81. The van der Waals surface area contributed by atoms with Gasteiger partial charge >= 0.3 is 0 Å². The number of rotatable bonds is 0. The first-order valence-corrected chi connectivity index (χ1v) is 0. The van der Waals surface area contributed by atoms with Gasteiger partial charge in [-0.25, -0.2) is 0 Å². The van der Waals surface area contributed by atoms with Crippen molar-refractivity contribution in [3.63, 3.8) is 0 Å². The summed E-state index contributed by atoms with van der Waals surface area (Å²) in [6, 6.07) is 0. The SMILES string of the molecule is [AlH3].[AlH3].[Fe].[Zn].[Zn]. The zero-order valence-electron chi connectivity index (χ0n) is 1.77. The number of hydrogen-bond donors (Lipinski definition) is 0. The topological polar surface area (TPSA) is 0 Å². The van der Waals surface area contributed by atoms with E-state index in [-0.39, 0.29) is 90.7 Å². The van der Waals surface area contributed by atoms with Crippen LogP contribution >= 0.6 is 0 Å². The minimum Gasteiger partial charge on any atom is 0 e. The molecule has 0 heterocycles. The molecular weight excluding hydrogens is 241 g/mol. The molecule has 0 amide bonds. The summed E-state index contributed by atoms with van der Waals surface area (Å²) < 4.78 is 0. The van der Waals surface area contributed by atoms with Crippen molar-refractivity contribution < 1.29 is 56.0 Å². The van der Waals surface area contributed by atoms with Crippen LogP contribution in [0, 0.1) is 0 Å². The van der Waals surface area contributed by atoms with Crippen molar-refractivity contribution in [3.05, 3.63) is 0 Å². The quantitative estimate of drug-likeness (QED) is 0.419.